The number of likely N-dealkylation sites (N-methyl/N-ethyl adjacent to an activating group) is 1. The molecule has 0 aromatic heterocycles. The van der Waals surface area contributed by atoms with Gasteiger partial charge in [0.05, 0.1) is 59.5 Å². The Morgan fingerprint density at radius 2 is 1.69 bits per heavy atom. The number of carbonyl (C=O) groups is 1. The van der Waals surface area contributed by atoms with Crippen molar-refractivity contribution in [2.75, 3.05) is 54.6 Å². The summed E-state index contributed by atoms with van der Waals surface area (Å²) < 4.78 is 16.1. The van der Waals surface area contributed by atoms with Crippen LogP contribution in [0.5, 0.6) is 17.2 Å². The molecule has 1 aromatic rings. The van der Waals surface area contributed by atoms with Gasteiger partial charge >= 0.3 is 0 Å². The molecule has 0 bridgehead atoms. The van der Waals surface area contributed by atoms with Crippen molar-refractivity contribution >= 4 is 28.9 Å². The Bertz CT molecular complexity index is 755. The van der Waals surface area contributed by atoms with Crippen LogP contribution in [-0.4, -0.2) is 70.5 Å². The van der Waals surface area contributed by atoms with E-state index in [1.807, 2.05) is 0 Å². The average Bonchev–Trinajstić information content (AvgIpc) is 3.02. The van der Waals surface area contributed by atoms with Gasteiger partial charge in [0.25, 0.3) is 5.91 Å². The monoisotopic (exact) mass is 378 g/mol. The van der Waals surface area contributed by atoms with Crippen molar-refractivity contribution in [2.45, 2.75) is 0 Å². The molecule has 0 radical (unpaired) electrons. The molecule has 2 aliphatic heterocycles. The summed E-state index contributed by atoms with van der Waals surface area (Å²) >= 11 is 1.41. The second kappa shape index (κ2) is 8.01. The van der Waals surface area contributed by atoms with Crippen LogP contribution >= 0.6 is 11.8 Å². The number of amides is 1. The molecule has 0 aliphatic carbocycles. The normalized spacial score (nSPS) is 19.7. The van der Waals surface area contributed by atoms with Crippen LogP contribution < -0.4 is 19.1 Å². The number of amidine groups is 1. The van der Waals surface area contributed by atoms with Gasteiger partial charge in [-0.05, 0) is 23.9 Å². The average molecular weight is 378 g/mol. The number of thioether (sulfide) groups is 1. The van der Waals surface area contributed by atoms with E-state index in [4.69, 9.17) is 14.2 Å². The quantitative estimate of drug-likeness (QED) is 0.771. The van der Waals surface area contributed by atoms with Crippen molar-refractivity contribution in [3.05, 3.63) is 22.6 Å². The van der Waals surface area contributed by atoms with Gasteiger partial charge in [0.2, 0.25) is 0 Å². The number of methoxy groups -OCH3 is 3. The molecule has 140 valence electrons. The Morgan fingerprint density at radius 3 is 2.31 bits per heavy atom. The summed E-state index contributed by atoms with van der Waals surface area (Å²) in [6.45, 7) is 3.93. The van der Waals surface area contributed by atoms with E-state index in [0.29, 0.717) is 22.2 Å². The van der Waals surface area contributed by atoms with E-state index in [0.717, 1.165) is 36.9 Å². The van der Waals surface area contributed by atoms with Gasteiger partial charge in [0.1, 0.15) is 5.75 Å². The number of rotatable bonds is 4. The highest BCUT2D eigenvalue weighted by Gasteiger charge is 2.29. The molecule has 1 aromatic carbocycles. The molecule has 1 fully saturated rings. The molecule has 0 unspecified atom stereocenters. The summed E-state index contributed by atoms with van der Waals surface area (Å²) in [7, 11) is 6.92. The van der Waals surface area contributed by atoms with Gasteiger partial charge in [-0.15, -0.1) is 0 Å². The van der Waals surface area contributed by atoms with E-state index < -0.39 is 0 Å². The molecule has 26 heavy (non-hydrogen) atoms. The lowest BCUT2D eigenvalue weighted by Gasteiger charge is -2.30. The molecule has 2 aliphatic rings. The third-order valence-corrected chi connectivity index (χ3v) is 5.56. The second-order valence-corrected chi connectivity index (χ2v) is 7.21. The summed E-state index contributed by atoms with van der Waals surface area (Å²) in [6.07, 6.45) is 1.80. The Hall–Kier alpha value is -2.19. The maximum Gasteiger partial charge on any atom is 0.286 e. The van der Waals surface area contributed by atoms with E-state index in [-0.39, 0.29) is 5.91 Å². The smallest absolute Gasteiger partial charge is 0.286 e. The number of hydrogen-bond donors (Lipinski definition) is 1. The van der Waals surface area contributed by atoms with Crippen LogP contribution in [0.4, 0.5) is 0 Å². The number of aliphatic imine (C=N–C) groups is 1. The lowest BCUT2D eigenvalue weighted by Crippen LogP contribution is -3.12. The topological polar surface area (TPSA) is 64.8 Å². The van der Waals surface area contributed by atoms with Gasteiger partial charge in [0, 0.05) is 11.6 Å². The number of benzene rings is 1. The van der Waals surface area contributed by atoms with Gasteiger partial charge in [-0.25, -0.2) is 0 Å². The number of quaternary nitrogens is 1. The zero-order valence-corrected chi connectivity index (χ0v) is 16.3. The van der Waals surface area contributed by atoms with Crippen LogP contribution in [0.25, 0.3) is 6.08 Å². The maximum atomic E-state index is 12.4. The molecule has 7 nitrogen and oxygen atoms in total. The Kier molecular flexibility index (Phi) is 5.73. The Balaban J connectivity index is 1.84. The van der Waals surface area contributed by atoms with Crippen molar-refractivity contribution in [1.29, 1.82) is 0 Å². The predicted molar refractivity (Wildman–Crippen MR) is 102 cm³/mol. The fourth-order valence-corrected chi connectivity index (χ4v) is 3.88. The summed E-state index contributed by atoms with van der Waals surface area (Å²) in [4.78, 5) is 20.9. The van der Waals surface area contributed by atoms with Gasteiger partial charge in [-0.1, -0.05) is 0 Å². The second-order valence-electron chi connectivity index (χ2n) is 6.20. The number of carbonyl (C=O) groups excluding carboxylic acids is 1. The number of ether oxygens (including phenoxy) is 3. The van der Waals surface area contributed by atoms with Crippen molar-refractivity contribution in [2.24, 2.45) is 4.99 Å². The maximum absolute atomic E-state index is 12.4. The number of nitrogens with one attached hydrogen (secondary N) is 1. The van der Waals surface area contributed by atoms with Crippen LogP contribution in [0.2, 0.25) is 0 Å². The lowest BCUT2D eigenvalue weighted by molar-refractivity contribution is -0.883. The first kappa shape index (κ1) is 18.6. The summed E-state index contributed by atoms with van der Waals surface area (Å²) in [6, 6.07) is 3.55. The molecule has 3 rings (SSSR count). The van der Waals surface area contributed by atoms with Crippen LogP contribution in [-0.2, 0) is 4.79 Å². The Labute approximate surface area is 157 Å². The number of piperazine rings is 1. The third kappa shape index (κ3) is 3.81. The first-order valence-electron chi connectivity index (χ1n) is 8.44. The largest absolute Gasteiger partial charge is 0.496 e. The molecule has 0 saturated carbocycles. The van der Waals surface area contributed by atoms with Crippen molar-refractivity contribution in [3.63, 3.8) is 0 Å². The van der Waals surface area contributed by atoms with Gasteiger partial charge in [0.15, 0.2) is 16.7 Å². The third-order valence-electron chi connectivity index (χ3n) is 4.52. The number of hydrogen-bond acceptors (Lipinski definition) is 6. The molecule has 8 heteroatoms. The van der Waals surface area contributed by atoms with Crippen LogP contribution in [0.15, 0.2) is 22.0 Å². The highest BCUT2D eigenvalue weighted by Crippen LogP contribution is 2.38. The molecule has 1 saturated heterocycles. The first-order valence-corrected chi connectivity index (χ1v) is 9.26. The summed E-state index contributed by atoms with van der Waals surface area (Å²) in [5, 5.41) is 0.785. The fraction of sp³-hybridized carbons (Fsp3) is 0.444. The minimum absolute atomic E-state index is 0.215. The molecule has 1 N–H and O–H groups in total. The van der Waals surface area contributed by atoms with Crippen molar-refractivity contribution in [1.82, 2.24) is 4.90 Å². The lowest BCUT2D eigenvalue weighted by atomic mass is 10.1. The van der Waals surface area contributed by atoms with Gasteiger partial charge in [-0.2, -0.15) is 4.99 Å². The molecular formula is C18H24N3O4S+. The minimum Gasteiger partial charge on any atom is -0.496 e. The molecule has 1 amide bonds. The van der Waals surface area contributed by atoms with Crippen molar-refractivity contribution < 1.29 is 23.9 Å². The predicted octanol–water partition coefficient (Wildman–Crippen LogP) is 0.513. The summed E-state index contributed by atoms with van der Waals surface area (Å²) in [5.74, 6) is 1.56. The van der Waals surface area contributed by atoms with Gasteiger partial charge in [-0.3, -0.25) is 4.79 Å². The number of nitrogens with zero attached hydrogens (tertiary/aromatic N) is 2. The highest BCUT2D eigenvalue weighted by molar-refractivity contribution is 8.18. The van der Waals surface area contributed by atoms with Crippen LogP contribution in [0.1, 0.15) is 5.56 Å². The minimum atomic E-state index is -0.215. The van der Waals surface area contributed by atoms with E-state index in [1.54, 1.807) is 39.5 Å². The summed E-state index contributed by atoms with van der Waals surface area (Å²) in [5.41, 5.74) is 0.750. The zero-order valence-electron chi connectivity index (χ0n) is 15.5. The molecular weight excluding hydrogens is 354 g/mol. The van der Waals surface area contributed by atoms with E-state index >= 15 is 0 Å². The molecule has 0 spiro atoms. The standard InChI is InChI=1S/C18H23N3O4S/c1-20-5-7-21(8-6-20)18-19-17(22)16(26-18)10-12-9-14(24-3)15(25-4)11-13(12)23-2/h9-11H,5-8H2,1-4H3/p+1/b16-10-. The van der Waals surface area contributed by atoms with Gasteiger partial charge < -0.3 is 24.0 Å². The highest BCUT2D eigenvalue weighted by atomic mass is 32.2. The van der Waals surface area contributed by atoms with E-state index in [2.05, 4.69) is 16.9 Å². The first-order chi connectivity index (χ1) is 12.5. The van der Waals surface area contributed by atoms with Crippen molar-refractivity contribution in [3.8, 4) is 17.2 Å². The van der Waals surface area contributed by atoms with Crippen LogP contribution in [0, 0.1) is 0 Å². The van der Waals surface area contributed by atoms with Crippen LogP contribution in [0.3, 0.4) is 0 Å². The Morgan fingerprint density at radius 1 is 1.08 bits per heavy atom. The molecule has 0 atom stereocenters. The molecule has 2 heterocycles. The van der Waals surface area contributed by atoms with E-state index in [9.17, 15) is 4.79 Å². The SMILES string of the molecule is COc1cc(OC)c(OC)cc1/C=C1\SC(N2CC[NH+](C)CC2)=NC1=O. The zero-order chi connectivity index (χ0) is 18.7. The van der Waals surface area contributed by atoms with E-state index in [1.165, 1.54) is 16.7 Å². The fourth-order valence-electron chi connectivity index (χ4n) is 2.92.